The summed E-state index contributed by atoms with van der Waals surface area (Å²) in [6.45, 7) is 0.237. The molecule has 1 aliphatic rings. The predicted molar refractivity (Wildman–Crippen MR) is 129 cm³/mol. The molecule has 6 nitrogen and oxygen atoms in total. The summed E-state index contributed by atoms with van der Waals surface area (Å²) in [4.78, 5) is 23.1. The molecular formula is C28H19NO5. The number of hydrogen-bond acceptors (Lipinski definition) is 5. The van der Waals surface area contributed by atoms with Crippen LogP contribution in [-0.2, 0) is 6.61 Å². The van der Waals surface area contributed by atoms with Gasteiger partial charge in [0.05, 0.1) is 10.5 Å². The molecule has 4 aromatic rings. The molecule has 0 saturated heterocycles. The Bertz CT molecular complexity index is 1390. The summed E-state index contributed by atoms with van der Waals surface area (Å²) in [6, 6.07) is 29.2. The second kappa shape index (κ2) is 9.03. The maximum Gasteiger partial charge on any atom is 0.269 e. The van der Waals surface area contributed by atoms with E-state index < -0.39 is 4.92 Å². The van der Waals surface area contributed by atoms with Crippen molar-refractivity contribution in [2.75, 3.05) is 0 Å². The molecule has 0 aromatic heterocycles. The zero-order chi connectivity index (χ0) is 23.5. The highest BCUT2D eigenvalue weighted by Gasteiger charge is 2.27. The number of allylic oxidation sites excluding steroid dienone is 1. The van der Waals surface area contributed by atoms with Crippen LogP contribution in [0.2, 0.25) is 0 Å². The third kappa shape index (κ3) is 4.42. The van der Waals surface area contributed by atoms with Gasteiger partial charge in [-0.15, -0.1) is 0 Å². The van der Waals surface area contributed by atoms with Gasteiger partial charge in [-0.05, 0) is 52.6 Å². The van der Waals surface area contributed by atoms with Crippen molar-refractivity contribution in [1.29, 1.82) is 0 Å². The number of ether oxygens (including phenoxy) is 2. The molecule has 1 aliphatic heterocycles. The zero-order valence-electron chi connectivity index (χ0n) is 18.0. The number of Topliss-reactive ketones (excluding diaryl/α,β-unsaturated/α-hetero) is 1. The van der Waals surface area contributed by atoms with Gasteiger partial charge in [0.25, 0.3) is 5.69 Å². The maximum atomic E-state index is 12.8. The smallest absolute Gasteiger partial charge is 0.269 e. The van der Waals surface area contributed by atoms with E-state index in [1.165, 1.54) is 12.1 Å². The number of carbonyl (C=O) groups excluding carboxylic acids is 1. The number of nitrogens with zero attached hydrogens (tertiary/aromatic N) is 1. The van der Waals surface area contributed by atoms with Crippen molar-refractivity contribution in [2.24, 2.45) is 0 Å². The SMILES string of the molecule is O=C1C(=Cc2ccc(-c3ccccc3)cc2)Oc2cc(OCc3ccc([N+](=O)[O-])cc3)ccc21. The number of non-ortho nitro benzene ring substituents is 1. The summed E-state index contributed by atoms with van der Waals surface area (Å²) >= 11 is 0. The first-order valence-corrected chi connectivity index (χ1v) is 10.7. The van der Waals surface area contributed by atoms with Gasteiger partial charge in [-0.2, -0.15) is 0 Å². The fraction of sp³-hybridized carbons (Fsp3) is 0.0357. The standard InChI is InChI=1S/C28H19NO5/c30-28-25-15-14-24(33-18-20-8-12-23(13-9-20)29(31)32)17-26(25)34-27(28)16-19-6-10-22(11-7-19)21-4-2-1-3-5-21/h1-17H,18H2. The Morgan fingerprint density at radius 2 is 1.56 bits per heavy atom. The predicted octanol–water partition coefficient (Wildman–Crippen LogP) is 6.46. The Kier molecular flexibility index (Phi) is 5.62. The quantitative estimate of drug-likeness (QED) is 0.192. The van der Waals surface area contributed by atoms with E-state index >= 15 is 0 Å². The van der Waals surface area contributed by atoms with Gasteiger partial charge in [0.2, 0.25) is 5.78 Å². The molecule has 0 bridgehead atoms. The van der Waals surface area contributed by atoms with Gasteiger partial charge in [-0.3, -0.25) is 14.9 Å². The van der Waals surface area contributed by atoms with E-state index in [9.17, 15) is 14.9 Å². The van der Waals surface area contributed by atoms with Crippen LogP contribution < -0.4 is 9.47 Å². The second-order valence-corrected chi connectivity index (χ2v) is 7.80. The molecule has 166 valence electrons. The summed E-state index contributed by atoms with van der Waals surface area (Å²) in [5, 5.41) is 10.8. The van der Waals surface area contributed by atoms with E-state index in [4.69, 9.17) is 9.47 Å². The zero-order valence-corrected chi connectivity index (χ0v) is 18.0. The summed E-state index contributed by atoms with van der Waals surface area (Å²) in [6.07, 6.45) is 1.73. The van der Waals surface area contributed by atoms with E-state index in [0.717, 1.165) is 22.3 Å². The highest BCUT2D eigenvalue weighted by Crippen LogP contribution is 2.35. The molecule has 6 heteroatoms. The molecule has 0 N–H and O–H groups in total. The van der Waals surface area contributed by atoms with Crippen molar-refractivity contribution in [2.45, 2.75) is 6.61 Å². The summed E-state index contributed by atoms with van der Waals surface area (Å²) in [5.41, 5.74) is 4.40. The van der Waals surface area contributed by atoms with Crippen molar-refractivity contribution < 1.29 is 19.2 Å². The van der Waals surface area contributed by atoms with Gasteiger partial charge >= 0.3 is 0 Å². The van der Waals surface area contributed by atoms with Crippen LogP contribution in [0.15, 0.2) is 103 Å². The number of nitro groups is 1. The van der Waals surface area contributed by atoms with Crippen molar-refractivity contribution in [3.63, 3.8) is 0 Å². The van der Waals surface area contributed by atoms with E-state index in [-0.39, 0.29) is 23.8 Å². The summed E-state index contributed by atoms with van der Waals surface area (Å²) in [7, 11) is 0. The van der Waals surface area contributed by atoms with Gasteiger partial charge in [0.15, 0.2) is 5.76 Å². The molecule has 0 spiro atoms. The van der Waals surface area contributed by atoms with Gasteiger partial charge in [0.1, 0.15) is 18.1 Å². The van der Waals surface area contributed by atoms with Crippen molar-refractivity contribution in [3.05, 3.63) is 130 Å². The minimum Gasteiger partial charge on any atom is -0.489 e. The Labute approximate surface area is 195 Å². The molecule has 0 atom stereocenters. The van der Waals surface area contributed by atoms with E-state index in [0.29, 0.717) is 17.1 Å². The summed E-state index contributed by atoms with van der Waals surface area (Å²) in [5.74, 6) is 1.07. The number of hydrogen-bond donors (Lipinski definition) is 0. The molecule has 1 heterocycles. The highest BCUT2D eigenvalue weighted by atomic mass is 16.6. The van der Waals surface area contributed by atoms with Gasteiger partial charge in [-0.1, -0.05) is 54.6 Å². The molecule has 0 fully saturated rings. The minimum atomic E-state index is -0.442. The van der Waals surface area contributed by atoms with Crippen LogP contribution in [-0.4, -0.2) is 10.7 Å². The van der Waals surface area contributed by atoms with Crippen LogP contribution in [0, 0.1) is 10.1 Å². The van der Waals surface area contributed by atoms with Crippen LogP contribution in [0.1, 0.15) is 21.5 Å². The van der Waals surface area contributed by atoms with Crippen LogP contribution >= 0.6 is 0 Å². The lowest BCUT2D eigenvalue weighted by atomic mass is 10.0. The molecule has 0 amide bonds. The number of benzene rings is 4. The van der Waals surface area contributed by atoms with Crippen molar-refractivity contribution >= 4 is 17.5 Å². The Hall–Kier alpha value is -4.71. The Morgan fingerprint density at radius 1 is 0.853 bits per heavy atom. The lowest BCUT2D eigenvalue weighted by molar-refractivity contribution is -0.384. The number of ketones is 1. The number of fused-ring (bicyclic) bond motifs is 1. The van der Waals surface area contributed by atoms with Crippen LogP contribution in [0.5, 0.6) is 11.5 Å². The fourth-order valence-corrected chi connectivity index (χ4v) is 3.69. The van der Waals surface area contributed by atoms with E-state index in [1.807, 2.05) is 42.5 Å². The summed E-state index contributed by atoms with van der Waals surface area (Å²) < 4.78 is 11.6. The topological polar surface area (TPSA) is 78.7 Å². The lowest BCUT2D eigenvalue weighted by Crippen LogP contribution is -1.98. The Balaban J connectivity index is 1.28. The van der Waals surface area contributed by atoms with Gasteiger partial charge in [-0.25, -0.2) is 0 Å². The second-order valence-electron chi connectivity index (χ2n) is 7.80. The average Bonchev–Trinajstić information content (AvgIpc) is 3.18. The average molecular weight is 449 g/mol. The molecule has 4 aromatic carbocycles. The molecule has 0 radical (unpaired) electrons. The Morgan fingerprint density at radius 3 is 2.26 bits per heavy atom. The molecule has 0 aliphatic carbocycles. The first-order chi connectivity index (χ1) is 16.6. The van der Waals surface area contributed by atoms with Crippen LogP contribution in [0.4, 0.5) is 5.69 Å². The molecule has 34 heavy (non-hydrogen) atoms. The molecular weight excluding hydrogens is 430 g/mol. The first kappa shape index (κ1) is 21.2. The van der Waals surface area contributed by atoms with Crippen molar-refractivity contribution in [3.8, 4) is 22.6 Å². The van der Waals surface area contributed by atoms with Crippen LogP contribution in [0.3, 0.4) is 0 Å². The number of nitro benzene ring substituents is 1. The fourth-order valence-electron chi connectivity index (χ4n) is 3.69. The van der Waals surface area contributed by atoms with E-state index in [1.54, 1.807) is 36.4 Å². The van der Waals surface area contributed by atoms with Crippen LogP contribution in [0.25, 0.3) is 17.2 Å². The third-order valence-corrected chi connectivity index (χ3v) is 5.51. The first-order valence-electron chi connectivity index (χ1n) is 10.7. The molecule has 0 unspecified atom stereocenters. The number of carbonyl (C=O) groups is 1. The van der Waals surface area contributed by atoms with E-state index in [2.05, 4.69) is 12.1 Å². The normalized spacial score (nSPS) is 13.4. The molecule has 0 saturated carbocycles. The van der Waals surface area contributed by atoms with Gasteiger partial charge < -0.3 is 9.47 Å². The molecule has 5 rings (SSSR count). The third-order valence-electron chi connectivity index (χ3n) is 5.51. The highest BCUT2D eigenvalue weighted by molar-refractivity contribution is 6.14. The minimum absolute atomic E-state index is 0.0298. The monoisotopic (exact) mass is 449 g/mol. The number of rotatable bonds is 6. The maximum absolute atomic E-state index is 12.8. The van der Waals surface area contributed by atoms with Crippen molar-refractivity contribution in [1.82, 2.24) is 0 Å². The van der Waals surface area contributed by atoms with Gasteiger partial charge in [0, 0.05) is 18.2 Å². The lowest BCUT2D eigenvalue weighted by Gasteiger charge is -2.07. The largest absolute Gasteiger partial charge is 0.489 e.